The second kappa shape index (κ2) is 9.50. The molecule has 1 aromatic carbocycles. The molecule has 0 saturated carbocycles. The third kappa shape index (κ3) is 6.15. The van der Waals surface area contributed by atoms with Crippen molar-refractivity contribution in [3.8, 4) is 5.75 Å². The van der Waals surface area contributed by atoms with Crippen molar-refractivity contribution in [3.63, 3.8) is 0 Å². The number of carbonyl (C=O) groups is 3. The number of carbonyl (C=O) groups excluding carboxylic acids is 2. The zero-order valence-electron chi connectivity index (χ0n) is 15.4. The molecule has 0 aliphatic heterocycles. The van der Waals surface area contributed by atoms with Crippen molar-refractivity contribution in [2.45, 2.75) is 45.9 Å². The van der Waals surface area contributed by atoms with Gasteiger partial charge in [0.05, 0.1) is 19.3 Å². The Balaban J connectivity index is 3.20. The number of nitrogens with zero attached hydrogens (tertiary/aromatic N) is 1. The second-order valence-corrected chi connectivity index (χ2v) is 5.88. The van der Waals surface area contributed by atoms with E-state index in [-0.39, 0.29) is 5.56 Å². The molecule has 1 atom stereocenters. The van der Waals surface area contributed by atoms with E-state index in [2.05, 4.69) is 5.43 Å². The molecule has 0 saturated heterocycles. The first kappa shape index (κ1) is 21.1. The lowest BCUT2D eigenvalue weighted by Gasteiger charge is -2.29. The van der Waals surface area contributed by atoms with Crippen molar-refractivity contribution in [2.24, 2.45) is 0 Å². The normalized spacial score (nSPS) is 11.7. The molecule has 0 aliphatic rings. The lowest BCUT2D eigenvalue weighted by atomic mass is 10.1. The zero-order chi connectivity index (χ0) is 19.9. The number of aliphatic carboxylic acids is 1. The molecule has 0 aromatic heterocycles. The van der Waals surface area contributed by atoms with E-state index < -0.39 is 36.4 Å². The average Bonchev–Trinajstić information content (AvgIpc) is 2.53. The van der Waals surface area contributed by atoms with Crippen LogP contribution in [0.1, 0.15) is 39.3 Å². The highest BCUT2D eigenvalue weighted by Crippen LogP contribution is 2.23. The quantitative estimate of drug-likeness (QED) is 0.742. The van der Waals surface area contributed by atoms with Crippen LogP contribution >= 0.6 is 0 Å². The summed E-state index contributed by atoms with van der Waals surface area (Å²) in [6, 6.07) is 4.52. The summed E-state index contributed by atoms with van der Waals surface area (Å²) >= 11 is 0. The Kier molecular flexibility index (Phi) is 7.70. The van der Waals surface area contributed by atoms with Crippen molar-refractivity contribution in [2.75, 3.05) is 7.11 Å². The Morgan fingerprint density at radius 3 is 1.96 bits per heavy atom. The predicted molar refractivity (Wildman–Crippen MR) is 91.6 cm³/mol. The third-order valence-corrected chi connectivity index (χ3v) is 3.01. The molecule has 144 valence electrons. The van der Waals surface area contributed by atoms with Crippen molar-refractivity contribution in [3.05, 3.63) is 29.8 Å². The number of hydrogen-bond acceptors (Lipinski definition) is 6. The molecule has 0 bridgehead atoms. The SMILES string of the molecule is COc1ccc(C(C(=O)O)N(NC(=O)OC(C)C)C(=O)OC(C)C)cc1. The smallest absolute Gasteiger partial charge is 0.430 e. The second-order valence-electron chi connectivity index (χ2n) is 5.88. The minimum atomic E-state index is -1.52. The molecule has 9 nitrogen and oxygen atoms in total. The molecule has 1 aromatic rings. The summed E-state index contributed by atoms with van der Waals surface area (Å²) < 4.78 is 15.0. The zero-order valence-corrected chi connectivity index (χ0v) is 15.4. The van der Waals surface area contributed by atoms with Gasteiger partial charge in [-0.25, -0.2) is 19.8 Å². The van der Waals surface area contributed by atoms with E-state index in [9.17, 15) is 19.5 Å². The van der Waals surface area contributed by atoms with Crippen LogP contribution in [-0.4, -0.2) is 47.6 Å². The van der Waals surface area contributed by atoms with E-state index in [1.165, 1.54) is 19.2 Å². The monoisotopic (exact) mass is 368 g/mol. The fourth-order valence-electron chi connectivity index (χ4n) is 2.00. The van der Waals surface area contributed by atoms with E-state index in [1.54, 1.807) is 39.8 Å². The number of benzene rings is 1. The van der Waals surface area contributed by atoms with Gasteiger partial charge < -0.3 is 19.3 Å². The van der Waals surface area contributed by atoms with Crippen LogP contribution in [0.5, 0.6) is 5.75 Å². The molecule has 0 aliphatic carbocycles. The number of ether oxygens (including phenoxy) is 3. The summed E-state index contributed by atoms with van der Waals surface area (Å²) in [5, 5.41) is 10.2. The third-order valence-electron chi connectivity index (χ3n) is 3.01. The maximum Gasteiger partial charge on any atom is 0.430 e. The predicted octanol–water partition coefficient (Wildman–Crippen LogP) is 2.72. The maximum atomic E-state index is 12.4. The number of carboxylic acid groups (broad SMARTS) is 1. The highest BCUT2D eigenvalue weighted by molar-refractivity contribution is 5.83. The molecule has 1 rings (SSSR count). The minimum Gasteiger partial charge on any atom is -0.497 e. The van der Waals surface area contributed by atoms with Crippen LogP contribution in [0.25, 0.3) is 0 Å². The van der Waals surface area contributed by atoms with Crippen LogP contribution in [0.15, 0.2) is 24.3 Å². The summed E-state index contributed by atoms with van der Waals surface area (Å²) in [4.78, 5) is 36.1. The van der Waals surface area contributed by atoms with Gasteiger partial charge in [0.1, 0.15) is 5.75 Å². The van der Waals surface area contributed by atoms with Gasteiger partial charge in [-0.3, -0.25) is 0 Å². The molecule has 0 radical (unpaired) electrons. The Hall–Kier alpha value is -2.97. The number of methoxy groups -OCH3 is 1. The van der Waals surface area contributed by atoms with Crippen LogP contribution in [-0.2, 0) is 14.3 Å². The molecule has 0 fully saturated rings. The highest BCUT2D eigenvalue weighted by atomic mass is 16.6. The van der Waals surface area contributed by atoms with E-state index >= 15 is 0 Å². The number of nitrogens with one attached hydrogen (secondary N) is 1. The van der Waals surface area contributed by atoms with Gasteiger partial charge in [-0.1, -0.05) is 12.1 Å². The first-order chi connectivity index (χ1) is 12.1. The van der Waals surface area contributed by atoms with E-state index in [1.807, 2.05) is 0 Å². The lowest BCUT2D eigenvalue weighted by molar-refractivity contribution is -0.144. The molecule has 26 heavy (non-hydrogen) atoms. The molecule has 2 amide bonds. The van der Waals surface area contributed by atoms with Crippen LogP contribution < -0.4 is 10.2 Å². The largest absolute Gasteiger partial charge is 0.497 e. The number of rotatable bonds is 6. The topological polar surface area (TPSA) is 114 Å². The minimum absolute atomic E-state index is 0.240. The lowest BCUT2D eigenvalue weighted by Crippen LogP contribution is -2.51. The van der Waals surface area contributed by atoms with Gasteiger partial charge in [-0.05, 0) is 45.4 Å². The highest BCUT2D eigenvalue weighted by Gasteiger charge is 2.35. The van der Waals surface area contributed by atoms with Gasteiger partial charge in [0.15, 0.2) is 6.04 Å². The van der Waals surface area contributed by atoms with Crippen molar-refractivity contribution in [1.29, 1.82) is 0 Å². The molecular weight excluding hydrogens is 344 g/mol. The first-order valence-electron chi connectivity index (χ1n) is 7.99. The van der Waals surface area contributed by atoms with Gasteiger partial charge in [0, 0.05) is 0 Å². The number of amides is 2. The molecule has 0 heterocycles. The molecule has 9 heteroatoms. The van der Waals surface area contributed by atoms with E-state index in [0.29, 0.717) is 10.8 Å². The van der Waals surface area contributed by atoms with Crippen LogP contribution in [0.4, 0.5) is 9.59 Å². The molecule has 2 N–H and O–H groups in total. The number of hydrogen-bond donors (Lipinski definition) is 2. The Labute approximate surface area is 151 Å². The number of hydrazine groups is 1. The average molecular weight is 368 g/mol. The van der Waals surface area contributed by atoms with Gasteiger partial charge in [0.2, 0.25) is 0 Å². The van der Waals surface area contributed by atoms with Gasteiger partial charge in [-0.2, -0.15) is 5.01 Å². The summed E-state index contributed by atoms with van der Waals surface area (Å²) in [7, 11) is 1.47. The van der Waals surface area contributed by atoms with Gasteiger partial charge >= 0.3 is 18.2 Å². The van der Waals surface area contributed by atoms with Gasteiger partial charge in [0.25, 0.3) is 0 Å². The van der Waals surface area contributed by atoms with Crippen LogP contribution in [0.2, 0.25) is 0 Å². The van der Waals surface area contributed by atoms with Crippen LogP contribution in [0, 0.1) is 0 Å². The van der Waals surface area contributed by atoms with Crippen molar-refractivity contribution in [1.82, 2.24) is 10.4 Å². The number of carboxylic acids is 1. The first-order valence-corrected chi connectivity index (χ1v) is 7.99. The van der Waals surface area contributed by atoms with E-state index in [0.717, 1.165) is 0 Å². The fraction of sp³-hybridized carbons (Fsp3) is 0.471. The molecular formula is C17H24N2O7. The Morgan fingerprint density at radius 2 is 1.54 bits per heavy atom. The maximum absolute atomic E-state index is 12.4. The summed E-state index contributed by atoms with van der Waals surface area (Å²) in [5.41, 5.74) is 2.39. The molecule has 1 unspecified atom stereocenters. The van der Waals surface area contributed by atoms with Crippen LogP contribution in [0.3, 0.4) is 0 Å². The summed E-state index contributed by atoms with van der Waals surface area (Å²) in [6.07, 6.45) is -2.97. The van der Waals surface area contributed by atoms with Gasteiger partial charge in [-0.15, -0.1) is 0 Å². The van der Waals surface area contributed by atoms with E-state index in [4.69, 9.17) is 14.2 Å². The summed E-state index contributed by atoms with van der Waals surface area (Å²) in [5.74, 6) is -0.845. The standard InChI is InChI=1S/C17H24N2O7/c1-10(2)25-16(22)18-19(17(23)26-11(3)4)14(15(20)21)12-6-8-13(24-5)9-7-12/h6-11,14H,1-5H3,(H,18,22)(H,20,21). The Morgan fingerprint density at radius 1 is 1.00 bits per heavy atom. The molecule has 0 spiro atoms. The fourth-order valence-corrected chi connectivity index (χ4v) is 2.00. The summed E-state index contributed by atoms with van der Waals surface area (Å²) in [6.45, 7) is 6.44. The van der Waals surface area contributed by atoms with Crippen molar-refractivity contribution < 1.29 is 33.7 Å². The Bertz CT molecular complexity index is 629. The van der Waals surface area contributed by atoms with Crippen molar-refractivity contribution >= 4 is 18.2 Å².